The lowest BCUT2D eigenvalue weighted by atomic mass is 9.89. The van der Waals surface area contributed by atoms with Gasteiger partial charge in [0.25, 0.3) is 0 Å². The number of hydrogen-bond acceptors (Lipinski definition) is 2. The van der Waals surface area contributed by atoms with Crippen molar-refractivity contribution in [3.05, 3.63) is 11.8 Å². The molecular weight excluding hydrogens is 128 g/mol. The molecule has 60 valence electrons. The molecule has 0 aromatic heterocycles. The van der Waals surface area contributed by atoms with Crippen molar-refractivity contribution in [2.24, 2.45) is 5.41 Å². The van der Waals surface area contributed by atoms with Crippen molar-refractivity contribution in [3.8, 4) is 0 Å². The van der Waals surface area contributed by atoms with E-state index in [9.17, 15) is 5.11 Å². The maximum absolute atomic E-state index is 9.32. The third kappa shape index (κ3) is 3.51. The van der Waals surface area contributed by atoms with Gasteiger partial charge in [0, 0.05) is 0 Å². The first-order chi connectivity index (χ1) is 4.34. The van der Waals surface area contributed by atoms with Crippen LogP contribution in [0.25, 0.3) is 0 Å². The van der Waals surface area contributed by atoms with Gasteiger partial charge in [-0.2, -0.15) is 0 Å². The molecule has 0 radical (unpaired) electrons. The van der Waals surface area contributed by atoms with Crippen LogP contribution in [0.3, 0.4) is 0 Å². The SMILES string of the molecule is CC(O)=CC(O)C(C)(C)C. The number of rotatable bonds is 1. The summed E-state index contributed by atoms with van der Waals surface area (Å²) in [6.45, 7) is 7.29. The van der Waals surface area contributed by atoms with Crippen molar-refractivity contribution in [2.45, 2.75) is 33.8 Å². The fourth-order valence-electron chi connectivity index (χ4n) is 0.478. The molecule has 0 aliphatic heterocycles. The largest absolute Gasteiger partial charge is 0.513 e. The third-order valence-electron chi connectivity index (χ3n) is 1.29. The van der Waals surface area contributed by atoms with Crippen molar-refractivity contribution in [3.63, 3.8) is 0 Å². The van der Waals surface area contributed by atoms with Gasteiger partial charge in [0.1, 0.15) is 0 Å². The van der Waals surface area contributed by atoms with Crippen molar-refractivity contribution in [1.82, 2.24) is 0 Å². The molecular formula is C8H16O2. The minimum atomic E-state index is -0.572. The van der Waals surface area contributed by atoms with Gasteiger partial charge < -0.3 is 10.2 Å². The average molecular weight is 144 g/mol. The van der Waals surface area contributed by atoms with Crippen LogP contribution in [0, 0.1) is 5.41 Å². The maximum Gasteiger partial charge on any atom is 0.0877 e. The smallest absolute Gasteiger partial charge is 0.0877 e. The number of hydrogen-bond donors (Lipinski definition) is 2. The molecule has 0 heterocycles. The molecule has 0 fully saturated rings. The Balaban J connectivity index is 4.11. The van der Waals surface area contributed by atoms with Gasteiger partial charge in [0.05, 0.1) is 11.9 Å². The van der Waals surface area contributed by atoms with Crippen LogP contribution >= 0.6 is 0 Å². The quantitative estimate of drug-likeness (QED) is 0.551. The Morgan fingerprint density at radius 2 is 1.80 bits per heavy atom. The lowest BCUT2D eigenvalue weighted by Gasteiger charge is -2.22. The van der Waals surface area contributed by atoms with E-state index in [1.165, 1.54) is 6.08 Å². The van der Waals surface area contributed by atoms with Gasteiger partial charge in [-0.05, 0) is 18.4 Å². The highest BCUT2D eigenvalue weighted by atomic mass is 16.3. The molecule has 0 rings (SSSR count). The summed E-state index contributed by atoms with van der Waals surface area (Å²) in [6, 6.07) is 0. The second-order valence-electron chi connectivity index (χ2n) is 3.62. The van der Waals surface area contributed by atoms with Crippen LogP contribution in [-0.2, 0) is 0 Å². The molecule has 2 heteroatoms. The van der Waals surface area contributed by atoms with E-state index < -0.39 is 6.10 Å². The highest BCUT2D eigenvalue weighted by Crippen LogP contribution is 2.20. The molecule has 0 aromatic rings. The summed E-state index contributed by atoms with van der Waals surface area (Å²) in [4.78, 5) is 0. The monoisotopic (exact) mass is 144 g/mol. The van der Waals surface area contributed by atoms with E-state index in [2.05, 4.69) is 0 Å². The summed E-state index contributed by atoms with van der Waals surface area (Å²) in [5.74, 6) is 0.169. The van der Waals surface area contributed by atoms with E-state index in [1.807, 2.05) is 20.8 Å². The van der Waals surface area contributed by atoms with Crippen molar-refractivity contribution in [2.75, 3.05) is 0 Å². The van der Waals surface area contributed by atoms with Crippen LogP contribution in [0.5, 0.6) is 0 Å². The molecule has 0 saturated carbocycles. The van der Waals surface area contributed by atoms with Crippen LogP contribution in [-0.4, -0.2) is 16.3 Å². The summed E-state index contributed by atoms with van der Waals surface area (Å²) in [6.07, 6.45) is 0.873. The van der Waals surface area contributed by atoms with Gasteiger partial charge in [0.2, 0.25) is 0 Å². The van der Waals surface area contributed by atoms with E-state index in [1.54, 1.807) is 6.92 Å². The van der Waals surface area contributed by atoms with Crippen LogP contribution in [0.2, 0.25) is 0 Å². The zero-order valence-corrected chi connectivity index (χ0v) is 7.05. The maximum atomic E-state index is 9.32. The normalized spacial score (nSPS) is 17.1. The number of aliphatic hydroxyl groups is 2. The van der Waals surface area contributed by atoms with E-state index in [0.717, 1.165) is 0 Å². The summed E-state index contributed by atoms with van der Waals surface area (Å²) in [5.41, 5.74) is -0.190. The Morgan fingerprint density at radius 3 is 1.90 bits per heavy atom. The Hall–Kier alpha value is -0.500. The molecule has 0 amide bonds. The Bertz CT molecular complexity index is 127. The molecule has 10 heavy (non-hydrogen) atoms. The second-order valence-corrected chi connectivity index (χ2v) is 3.62. The molecule has 1 atom stereocenters. The summed E-state index contributed by atoms with van der Waals surface area (Å²) < 4.78 is 0. The van der Waals surface area contributed by atoms with E-state index in [4.69, 9.17) is 5.11 Å². The van der Waals surface area contributed by atoms with Crippen LogP contribution < -0.4 is 0 Å². The molecule has 0 spiro atoms. The Morgan fingerprint density at radius 1 is 1.40 bits per heavy atom. The standard InChI is InChI=1S/C8H16O2/c1-6(9)5-7(10)8(2,3)4/h5,7,9-10H,1-4H3. The summed E-state index contributed by atoms with van der Waals surface area (Å²) >= 11 is 0. The van der Waals surface area contributed by atoms with Crippen LogP contribution in [0.1, 0.15) is 27.7 Å². The first-order valence-electron chi connectivity index (χ1n) is 3.39. The van der Waals surface area contributed by atoms with Gasteiger partial charge in [-0.25, -0.2) is 0 Å². The van der Waals surface area contributed by atoms with Gasteiger partial charge in [0.15, 0.2) is 0 Å². The lowest BCUT2D eigenvalue weighted by molar-refractivity contribution is 0.102. The highest BCUT2D eigenvalue weighted by molar-refractivity contribution is 4.96. The molecule has 1 unspecified atom stereocenters. The van der Waals surface area contributed by atoms with Crippen LogP contribution in [0.4, 0.5) is 0 Å². The molecule has 0 aliphatic rings. The van der Waals surface area contributed by atoms with Crippen molar-refractivity contribution >= 4 is 0 Å². The van der Waals surface area contributed by atoms with E-state index >= 15 is 0 Å². The lowest BCUT2D eigenvalue weighted by Crippen LogP contribution is -2.23. The molecule has 0 saturated heterocycles. The molecule has 2 N–H and O–H groups in total. The third-order valence-corrected chi connectivity index (χ3v) is 1.29. The molecule has 0 aromatic carbocycles. The topological polar surface area (TPSA) is 40.5 Å². The highest BCUT2D eigenvalue weighted by Gasteiger charge is 2.19. The fourth-order valence-corrected chi connectivity index (χ4v) is 0.478. The van der Waals surface area contributed by atoms with Crippen molar-refractivity contribution < 1.29 is 10.2 Å². The molecule has 2 nitrogen and oxygen atoms in total. The Kier molecular flexibility index (Phi) is 2.91. The average Bonchev–Trinajstić information content (AvgIpc) is 1.60. The summed E-state index contributed by atoms with van der Waals surface area (Å²) in [5, 5.41) is 18.1. The van der Waals surface area contributed by atoms with Gasteiger partial charge in [-0.1, -0.05) is 20.8 Å². The zero-order valence-electron chi connectivity index (χ0n) is 7.05. The predicted octanol–water partition coefficient (Wildman–Crippen LogP) is 1.86. The van der Waals surface area contributed by atoms with Gasteiger partial charge >= 0.3 is 0 Å². The predicted molar refractivity (Wildman–Crippen MR) is 41.8 cm³/mol. The van der Waals surface area contributed by atoms with Gasteiger partial charge in [-0.15, -0.1) is 0 Å². The molecule has 0 aliphatic carbocycles. The zero-order chi connectivity index (χ0) is 8.36. The fraction of sp³-hybridized carbons (Fsp3) is 0.750. The first kappa shape index (κ1) is 9.50. The summed E-state index contributed by atoms with van der Waals surface area (Å²) in [7, 11) is 0. The van der Waals surface area contributed by atoms with E-state index in [-0.39, 0.29) is 11.2 Å². The van der Waals surface area contributed by atoms with Crippen LogP contribution in [0.15, 0.2) is 11.8 Å². The van der Waals surface area contributed by atoms with Crippen molar-refractivity contribution in [1.29, 1.82) is 0 Å². The minimum Gasteiger partial charge on any atom is -0.513 e. The minimum absolute atomic E-state index is 0.169. The number of allylic oxidation sites excluding steroid dienone is 1. The molecule has 0 bridgehead atoms. The Labute approximate surface area is 62.2 Å². The van der Waals surface area contributed by atoms with E-state index in [0.29, 0.717) is 0 Å². The van der Waals surface area contributed by atoms with Gasteiger partial charge in [-0.3, -0.25) is 0 Å². The second kappa shape index (κ2) is 3.06. The first-order valence-corrected chi connectivity index (χ1v) is 3.39. The number of aliphatic hydroxyl groups excluding tert-OH is 2.